The van der Waals surface area contributed by atoms with Gasteiger partial charge in [-0.3, -0.25) is 15.1 Å². The Morgan fingerprint density at radius 2 is 2.26 bits per heavy atom. The van der Waals surface area contributed by atoms with Gasteiger partial charge in [-0.2, -0.15) is 0 Å². The number of pyridine rings is 1. The fourth-order valence-corrected chi connectivity index (χ4v) is 4.20. The summed E-state index contributed by atoms with van der Waals surface area (Å²) in [6.07, 6.45) is 5.45. The smallest absolute Gasteiger partial charge is 0.182 e. The Kier molecular flexibility index (Phi) is 3.67. The van der Waals surface area contributed by atoms with E-state index in [1.165, 1.54) is 5.56 Å². The van der Waals surface area contributed by atoms with Crippen LogP contribution in [0.25, 0.3) is 10.9 Å². The number of nitrogens with one attached hydrogen (secondary N) is 2. The van der Waals surface area contributed by atoms with E-state index < -0.39 is 0 Å². The van der Waals surface area contributed by atoms with Gasteiger partial charge in [0.2, 0.25) is 0 Å². The van der Waals surface area contributed by atoms with Gasteiger partial charge in [0.15, 0.2) is 5.78 Å². The van der Waals surface area contributed by atoms with E-state index >= 15 is 0 Å². The summed E-state index contributed by atoms with van der Waals surface area (Å²) in [4.78, 5) is 20.2. The van der Waals surface area contributed by atoms with Gasteiger partial charge in [-0.25, -0.2) is 0 Å². The maximum atomic E-state index is 12.9. The molecule has 1 fully saturated rings. The lowest BCUT2D eigenvalue weighted by Gasteiger charge is -2.12. The largest absolute Gasteiger partial charge is 0.360 e. The molecule has 0 radical (unpaired) electrons. The summed E-state index contributed by atoms with van der Waals surface area (Å²) >= 11 is 1.75. The molecule has 5 heteroatoms. The van der Waals surface area contributed by atoms with Crippen molar-refractivity contribution in [3.8, 4) is 0 Å². The molecule has 3 heterocycles. The van der Waals surface area contributed by atoms with Gasteiger partial charge in [0, 0.05) is 40.8 Å². The topological polar surface area (TPSA) is 57.8 Å². The van der Waals surface area contributed by atoms with Crippen LogP contribution in [-0.4, -0.2) is 27.5 Å². The number of Topliss-reactive ketones (excluding diaryl/α,β-unsaturated/α-hetero) is 1. The number of rotatable bonds is 3. The molecule has 4 rings (SSSR count). The van der Waals surface area contributed by atoms with Gasteiger partial charge in [-0.1, -0.05) is 18.2 Å². The zero-order chi connectivity index (χ0) is 15.8. The zero-order valence-corrected chi connectivity index (χ0v) is 13.6. The molecular weight excluding hydrogens is 306 g/mol. The predicted molar refractivity (Wildman–Crippen MR) is 93.7 cm³/mol. The molecule has 0 amide bonds. The second kappa shape index (κ2) is 5.83. The summed E-state index contributed by atoms with van der Waals surface area (Å²) < 4.78 is 0. The van der Waals surface area contributed by atoms with Gasteiger partial charge in [0.1, 0.15) is 0 Å². The average molecular weight is 323 g/mol. The van der Waals surface area contributed by atoms with Crippen LogP contribution in [0, 0.1) is 6.92 Å². The number of aromatic nitrogens is 2. The highest BCUT2D eigenvalue weighted by molar-refractivity contribution is 7.99. The highest BCUT2D eigenvalue weighted by Gasteiger charge is 2.32. The van der Waals surface area contributed by atoms with E-state index in [0.29, 0.717) is 0 Å². The number of aryl methyl sites for hydroxylation is 1. The molecule has 0 aliphatic carbocycles. The molecule has 2 aromatic heterocycles. The van der Waals surface area contributed by atoms with Crippen molar-refractivity contribution in [3.05, 3.63) is 65.6 Å². The molecule has 0 spiro atoms. The maximum Gasteiger partial charge on any atom is 0.182 e. The second-order valence-electron chi connectivity index (χ2n) is 5.83. The maximum absolute atomic E-state index is 12.9. The molecule has 0 unspecified atom stereocenters. The first-order valence-corrected chi connectivity index (χ1v) is 8.67. The van der Waals surface area contributed by atoms with Crippen molar-refractivity contribution < 1.29 is 4.79 Å². The number of fused-ring (bicyclic) bond motifs is 1. The Hall–Kier alpha value is -2.11. The monoisotopic (exact) mass is 323 g/mol. The van der Waals surface area contributed by atoms with Crippen LogP contribution in [0.1, 0.15) is 26.9 Å². The number of carbonyl (C=O) groups is 1. The molecule has 0 bridgehead atoms. The number of aromatic amines is 1. The van der Waals surface area contributed by atoms with Crippen molar-refractivity contribution in [1.82, 2.24) is 15.3 Å². The summed E-state index contributed by atoms with van der Waals surface area (Å²) in [5, 5.41) is 4.56. The van der Waals surface area contributed by atoms with Crippen molar-refractivity contribution in [2.75, 3.05) is 5.75 Å². The Bertz CT molecular complexity index is 859. The second-order valence-corrected chi connectivity index (χ2v) is 6.97. The van der Waals surface area contributed by atoms with Crippen LogP contribution in [0.3, 0.4) is 0 Å². The van der Waals surface area contributed by atoms with Crippen LogP contribution in [0.15, 0.2) is 48.9 Å². The van der Waals surface area contributed by atoms with Crippen LogP contribution in [0.2, 0.25) is 0 Å². The molecule has 3 aromatic rings. The van der Waals surface area contributed by atoms with Gasteiger partial charge in [-0.15, -0.1) is 11.8 Å². The molecule has 1 saturated heterocycles. The molecule has 2 N–H and O–H groups in total. The van der Waals surface area contributed by atoms with Gasteiger partial charge in [-0.05, 0) is 30.2 Å². The molecule has 23 heavy (non-hydrogen) atoms. The fraction of sp³-hybridized carbons (Fsp3) is 0.222. The first kappa shape index (κ1) is 14.5. The lowest BCUT2D eigenvalue weighted by atomic mass is 10.0. The number of hydrogen-bond donors (Lipinski definition) is 2. The quantitative estimate of drug-likeness (QED) is 0.725. The Balaban J connectivity index is 1.57. The Labute approximate surface area is 138 Å². The molecule has 2 atom stereocenters. The Morgan fingerprint density at radius 1 is 1.35 bits per heavy atom. The van der Waals surface area contributed by atoms with E-state index in [0.717, 1.165) is 27.8 Å². The number of nitrogens with zero attached hydrogens (tertiary/aromatic N) is 1. The molecule has 4 nitrogen and oxygen atoms in total. The summed E-state index contributed by atoms with van der Waals surface area (Å²) in [6, 6.07) is 9.94. The summed E-state index contributed by atoms with van der Waals surface area (Å²) in [5.41, 5.74) is 4.08. The number of thioether (sulfide) groups is 1. The standard InChI is InChI=1S/C18H17N3OS/c1-11-4-5-13-14(9-20-15(13)7-11)17(22)16-10-23-18(21-16)12-3-2-6-19-8-12/h2-9,16,18,20-21H,10H2,1H3/t16-,18-/m0/s1. The normalized spacial score (nSPS) is 20.9. The summed E-state index contributed by atoms with van der Waals surface area (Å²) in [6.45, 7) is 2.05. The highest BCUT2D eigenvalue weighted by Crippen LogP contribution is 2.34. The van der Waals surface area contributed by atoms with Gasteiger partial charge in [0.05, 0.1) is 11.4 Å². The van der Waals surface area contributed by atoms with Crippen molar-refractivity contribution in [3.63, 3.8) is 0 Å². The van der Waals surface area contributed by atoms with Crippen LogP contribution in [0.4, 0.5) is 0 Å². The molecular formula is C18H17N3OS. The third-order valence-corrected chi connectivity index (χ3v) is 5.46. The van der Waals surface area contributed by atoms with Crippen LogP contribution in [-0.2, 0) is 0 Å². The van der Waals surface area contributed by atoms with Gasteiger partial charge >= 0.3 is 0 Å². The van der Waals surface area contributed by atoms with Crippen LogP contribution < -0.4 is 5.32 Å². The van der Waals surface area contributed by atoms with E-state index in [9.17, 15) is 4.79 Å². The first-order valence-electron chi connectivity index (χ1n) is 7.62. The third-order valence-electron chi connectivity index (χ3n) is 4.19. The van der Waals surface area contributed by atoms with Crippen LogP contribution >= 0.6 is 11.8 Å². The predicted octanol–water partition coefficient (Wildman–Crippen LogP) is 3.46. The van der Waals surface area contributed by atoms with E-state index in [1.807, 2.05) is 36.7 Å². The van der Waals surface area contributed by atoms with Crippen LogP contribution in [0.5, 0.6) is 0 Å². The minimum absolute atomic E-state index is 0.130. The number of benzene rings is 1. The third kappa shape index (κ3) is 2.66. The van der Waals surface area contributed by atoms with E-state index in [-0.39, 0.29) is 17.2 Å². The highest BCUT2D eigenvalue weighted by atomic mass is 32.2. The number of H-pyrrole nitrogens is 1. The van der Waals surface area contributed by atoms with Crippen molar-refractivity contribution in [2.24, 2.45) is 0 Å². The molecule has 1 aromatic carbocycles. The average Bonchev–Trinajstić information content (AvgIpc) is 3.22. The first-order chi connectivity index (χ1) is 11.2. The van der Waals surface area contributed by atoms with Crippen molar-refractivity contribution in [1.29, 1.82) is 0 Å². The van der Waals surface area contributed by atoms with E-state index in [2.05, 4.69) is 28.3 Å². The van der Waals surface area contributed by atoms with Crippen molar-refractivity contribution >= 4 is 28.4 Å². The number of carbonyl (C=O) groups excluding carboxylic acids is 1. The molecule has 116 valence electrons. The number of ketones is 1. The molecule has 1 aliphatic rings. The minimum atomic E-state index is -0.162. The lowest BCUT2D eigenvalue weighted by molar-refractivity contribution is 0.0957. The Morgan fingerprint density at radius 3 is 3.09 bits per heavy atom. The SMILES string of the molecule is Cc1ccc2c(C(=O)[C@@H]3CS[C@@H](c4cccnc4)N3)c[nH]c2c1. The molecule has 1 aliphatic heterocycles. The fourth-order valence-electron chi connectivity index (χ4n) is 2.98. The minimum Gasteiger partial charge on any atom is -0.360 e. The summed E-state index contributed by atoms with van der Waals surface area (Å²) in [7, 11) is 0. The zero-order valence-electron chi connectivity index (χ0n) is 12.7. The van der Waals surface area contributed by atoms with E-state index in [4.69, 9.17) is 0 Å². The summed E-state index contributed by atoms with van der Waals surface area (Å²) in [5.74, 6) is 0.927. The number of hydrogen-bond acceptors (Lipinski definition) is 4. The molecule has 0 saturated carbocycles. The van der Waals surface area contributed by atoms with Gasteiger partial charge in [0.25, 0.3) is 0 Å². The van der Waals surface area contributed by atoms with Gasteiger partial charge < -0.3 is 4.98 Å². The van der Waals surface area contributed by atoms with Crippen molar-refractivity contribution in [2.45, 2.75) is 18.3 Å². The van der Waals surface area contributed by atoms with E-state index in [1.54, 1.807) is 18.0 Å². The lowest BCUT2D eigenvalue weighted by Crippen LogP contribution is -2.34.